The molecule has 3 heteroatoms. The molecule has 0 amide bonds. The molecular weight excluding hydrogens is 188 g/mol. The summed E-state index contributed by atoms with van der Waals surface area (Å²) in [6.07, 6.45) is 5.95. The molecule has 1 aromatic rings. The summed E-state index contributed by atoms with van der Waals surface area (Å²) >= 11 is 0. The molecule has 0 unspecified atom stereocenters. The van der Waals surface area contributed by atoms with Gasteiger partial charge in [-0.05, 0) is 24.6 Å². The fourth-order valence-corrected chi connectivity index (χ4v) is 1.12. The number of hydrogen-bond donors (Lipinski definition) is 1. The van der Waals surface area contributed by atoms with Crippen molar-refractivity contribution in [3.63, 3.8) is 0 Å². The molecule has 1 aromatic heterocycles. The Balaban J connectivity index is 2.23. The van der Waals surface area contributed by atoms with E-state index in [1.165, 1.54) is 5.56 Å². The Bertz CT molecular complexity index is 293. The number of ether oxygens (including phenoxy) is 1. The quantitative estimate of drug-likeness (QED) is 0.718. The molecule has 0 fully saturated rings. The number of aryl methyl sites for hydroxylation is 1. The van der Waals surface area contributed by atoms with E-state index >= 15 is 0 Å². The molecule has 0 aliphatic rings. The van der Waals surface area contributed by atoms with Crippen LogP contribution in [-0.4, -0.2) is 31.8 Å². The zero-order chi connectivity index (χ0) is 10.9. The number of pyridine rings is 1. The summed E-state index contributed by atoms with van der Waals surface area (Å²) in [5.74, 6) is 0. The number of nitrogens with one attached hydrogen (secondary N) is 1. The van der Waals surface area contributed by atoms with Crippen molar-refractivity contribution in [3.8, 4) is 0 Å². The third-order valence-electron chi connectivity index (χ3n) is 1.97. The van der Waals surface area contributed by atoms with E-state index in [1.807, 2.05) is 25.3 Å². The van der Waals surface area contributed by atoms with E-state index in [9.17, 15) is 0 Å². The molecular formula is C12H18N2O. The fraction of sp³-hybridized carbons (Fsp3) is 0.417. The Hall–Kier alpha value is -1.19. The van der Waals surface area contributed by atoms with Crippen LogP contribution in [0.1, 0.15) is 11.3 Å². The van der Waals surface area contributed by atoms with Gasteiger partial charge >= 0.3 is 0 Å². The van der Waals surface area contributed by atoms with Gasteiger partial charge in [0.1, 0.15) is 0 Å². The van der Waals surface area contributed by atoms with Crippen LogP contribution < -0.4 is 5.32 Å². The summed E-state index contributed by atoms with van der Waals surface area (Å²) in [6, 6.07) is 4.08. The van der Waals surface area contributed by atoms with E-state index in [-0.39, 0.29) is 0 Å². The minimum Gasteiger partial charge on any atom is -0.383 e. The second-order valence-electron chi connectivity index (χ2n) is 3.36. The molecule has 3 nitrogen and oxygen atoms in total. The fourth-order valence-electron chi connectivity index (χ4n) is 1.12. The first-order chi connectivity index (χ1) is 7.33. The van der Waals surface area contributed by atoms with E-state index in [2.05, 4.69) is 22.4 Å². The van der Waals surface area contributed by atoms with Crippen molar-refractivity contribution in [1.82, 2.24) is 10.3 Å². The number of hydrogen-bond acceptors (Lipinski definition) is 3. The Labute approximate surface area is 91.2 Å². The molecule has 1 rings (SSSR count). The summed E-state index contributed by atoms with van der Waals surface area (Å²) in [7, 11) is 1.70. The van der Waals surface area contributed by atoms with Crippen LogP contribution in [0, 0.1) is 6.92 Å². The first kappa shape index (κ1) is 11.9. The Morgan fingerprint density at radius 3 is 3.00 bits per heavy atom. The zero-order valence-electron chi connectivity index (χ0n) is 9.36. The van der Waals surface area contributed by atoms with Crippen LogP contribution in [0.3, 0.4) is 0 Å². The van der Waals surface area contributed by atoms with Gasteiger partial charge in [0, 0.05) is 26.4 Å². The van der Waals surface area contributed by atoms with Gasteiger partial charge in [-0.25, -0.2) is 0 Å². The van der Waals surface area contributed by atoms with Crippen molar-refractivity contribution in [2.24, 2.45) is 0 Å². The molecule has 0 aromatic carbocycles. The van der Waals surface area contributed by atoms with Gasteiger partial charge in [-0.1, -0.05) is 12.1 Å². The van der Waals surface area contributed by atoms with Gasteiger partial charge in [0.15, 0.2) is 0 Å². The second-order valence-corrected chi connectivity index (χ2v) is 3.36. The van der Waals surface area contributed by atoms with Crippen LogP contribution in [0.2, 0.25) is 0 Å². The number of aromatic nitrogens is 1. The van der Waals surface area contributed by atoms with Crippen molar-refractivity contribution in [2.45, 2.75) is 6.92 Å². The van der Waals surface area contributed by atoms with Gasteiger partial charge in [-0.15, -0.1) is 0 Å². The zero-order valence-corrected chi connectivity index (χ0v) is 9.36. The maximum atomic E-state index is 4.92. The minimum atomic E-state index is 0.747. The lowest BCUT2D eigenvalue weighted by Crippen LogP contribution is -2.18. The van der Waals surface area contributed by atoms with Crippen molar-refractivity contribution in [3.05, 3.63) is 35.7 Å². The molecule has 0 saturated carbocycles. The van der Waals surface area contributed by atoms with Crippen LogP contribution in [0.5, 0.6) is 0 Å². The Morgan fingerprint density at radius 2 is 2.33 bits per heavy atom. The highest BCUT2D eigenvalue weighted by molar-refractivity contribution is 5.44. The van der Waals surface area contributed by atoms with E-state index in [1.54, 1.807) is 7.11 Å². The second kappa shape index (κ2) is 7.15. The molecule has 0 aliphatic carbocycles. The summed E-state index contributed by atoms with van der Waals surface area (Å²) in [4.78, 5) is 4.27. The molecule has 82 valence electrons. The number of methoxy groups -OCH3 is 1. The molecule has 0 radical (unpaired) electrons. The monoisotopic (exact) mass is 206 g/mol. The summed E-state index contributed by atoms with van der Waals surface area (Å²) in [5, 5.41) is 3.23. The molecule has 15 heavy (non-hydrogen) atoms. The van der Waals surface area contributed by atoms with Crippen molar-refractivity contribution in [1.29, 1.82) is 0 Å². The molecule has 0 saturated heterocycles. The third kappa shape index (κ3) is 5.30. The molecule has 1 heterocycles. The van der Waals surface area contributed by atoms with Crippen LogP contribution in [-0.2, 0) is 4.74 Å². The SMILES string of the molecule is COCCNC/C=C/c1ccc(C)cn1. The first-order valence-electron chi connectivity index (χ1n) is 5.12. The molecule has 0 aliphatic heterocycles. The maximum Gasteiger partial charge on any atom is 0.0627 e. The average Bonchev–Trinajstić information content (AvgIpc) is 2.26. The predicted octanol–water partition coefficient (Wildman–Crippen LogP) is 1.64. The minimum absolute atomic E-state index is 0.747. The smallest absolute Gasteiger partial charge is 0.0627 e. The topological polar surface area (TPSA) is 34.1 Å². The van der Waals surface area contributed by atoms with Crippen molar-refractivity contribution >= 4 is 6.08 Å². The highest BCUT2D eigenvalue weighted by atomic mass is 16.5. The largest absolute Gasteiger partial charge is 0.383 e. The lowest BCUT2D eigenvalue weighted by Gasteiger charge is -1.99. The van der Waals surface area contributed by atoms with E-state index < -0.39 is 0 Å². The first-order valence-corrected chi connectivity index (χ1v) is 5.12. The lowest BCUT2D eigenvalue weighted by molar-refractivity contribution is 0.200. The van der Waals surface area contributed by atoms with Gasteiger partial charge in [-0.3, -0.25) is 4.98 Å². The lowest BCUT2D eigenvalue weighted by atomic mass is 10.2. The van der Waals surface area contributed by atoms with Crippen molar-refractivity contribution < 1.29 is 4.74 Å². The highest BCUT2D eigenvalue weighted by Gasteiger charge is 1.87. The summed E-state index contributed by atoms with van der Waals surface area (Å²) in [6.45, 7) is 4.50. The normalized spacial score (nSPS) is 11.1. The van der Waals surface area contributed by atoms with Gasteiger partial charge in [0.05, 0.1) is 12.3 Å². The van der Waals surface area contributed by atoms with Crippen LogP contribution in [0.25, 0.3) is 6.08 Å². The molecule has 0 bridgehead atoms. The van der Waals surface area contributed by atoms with Gasteiger partial charge in [0.25, 0.3) is 0 Å². The third-order valence-corrected chi connectivity index (χ3v) is 1.97. The maximum absolute atomic E-state index is 4.92. The average molecular weight is 206 g/mol. The molecule has 0 atom stereocenters. The highest BCUT2D eigenvalue weighted by Crippen LogP contribution is 1.99. The van der Waals surface area contributed by atoms with Gasteiger partial charge < -0.3 is 10.1 Å². The summed E-state index contributed by atoms with van der Waals surface area (Å²) < 4.78 is 4.92. The van der Waals surface area contributed by atoms with E-state index in [0.717, 1.165) is 25.4 Å². The predicted molar refractivity (Wildman–Crippen MR) is 62.8 cm³/mol. The standard InChI is InChI=1S/C12H18N2O/c1-11-5-6-12(14-10-11)4-3-7-13-8-9-15-2/h3-6,10,13H,7-9H2,1-2H3/b4-3+. The Morgan fingerprint density at radius 1 is 1.47 bits per heavy atom. The van der Waals surface area contributed by atoms with Crippen molar-refractivity contribution in [2.75, 3.05) is 26.8 Å². The van der Waals surface area contributed by atoms with Gasteiger partial charge in [0.2, 0.25) is 0 Å². The van der Waals surface area contributed by atoms with Crippen LogP contribution in [0.15, 0.2) is 24.4 Å². The Kier molecular flexibility index (Phi) is 5.66. The van der Waals surface area contributed by atoms with Crippen LogP contribution in [0.4, 0.5) is 0 Å². The molecule has 0 spiro atoms. The number of rotatable bonds is 6. The van der Waals surface area contributed by atoms with E-state index in [4.69, 9.17) is 4.74 Å². The van der Waals surface area contributed by atoms with Crippen LogP contribution >= 0.6 is 0 Å². The summed E-state index contributed by atoms with van der Waals surface area (Å²) in [5.41, 5.74) is 2.18. The molecule has 1 N–H and O–H groups in total. The van der Waals surface area contributed by atoms with Gasteiger partial charge in [-0.2, -0.15) is 0 Å². The number of nitrogens with zero attached hydrogens (tertiary/aromatic N) is 1. The van der Waals surface area contributed by atoms with E-state index in [0.29, 0.717) is 0 Å².